The molecular formula is C18H18ClNO5. The molecule has 0 saturated carbocycles. The zero-order chi connectivity index (χ0) is 18.9. The van der Waals surface area contributed by atoms with Gasteiger partial charge in [-0.3, -0.25) is 9.59 Å². The summed E-state index contributed by atoms with van der Waals surface area (Å²) in [5.41, 5.74) is -1.81. The molecular weight excluding hydrogens is 346 g/mol. The molecule has 2 N–H and O–H groups in total. The number of nitrogens with one attached hydrogen (secondary N) is 1. The van der Waals surface area contributed by atoms with Gasteiger partial charge in [0.25, 0.3) is 5.56 Å². The maximum Gasteiger partial charge on any atom is 0.332 e. The van der Waals surface area contributed by atoms with Crippen LogP contribution in [0.4, 0.5) is 0 Å². The van der Waals surface area contributed by atoms with E-state index >= 15 is 0 Å². The smallest absolute Gasteiger partial charge is 0.332 e. The van der Waals surface area contributed by atoms with Gasteiger partial charge in [0, 0.05) is 16.0 Å². The zero-order valence-electron chi connectivity index (χ0n) is 14.3. The fourth-order valence-electron chi connectivity index (χ4n) is 2.44. The average molecular weight is 364 g/mol. The maximum atomic E-state index is 12.9. The summed E-state index contributed by atoms with van der Waals surface area (Å²) in [6.45, 7) is 5.11. The van der Waals surface area contributed by atoms with Crippen LogP contribution in [0.3, 0.4) is 0 Å². The molecule has 25 heavy (non-hydrogen) atoms. The molecule has 7 heteroatoms. The Morgan fingerprint density at radius 3 is 2.44 bits per heavy atom. The van der Waals surface area contributed by atoms with Gasteiger partial charge in [0.05, 0.1) is 18.2 Å². The lowest BCUT2D eigenvalue weighted by Crippen LogP contribution is -2.19. The minimum atomic E-state index is -1.18. The standard InChI is InChI=1S/C18H18ClNO5/c1-18(2,3)12(17(23)24)8-11-14(21)10-6-5-9(19)7-13(10)20-16(22)15(11)25-4/h5-8H,1-4H3,(H,20,22)(H,23,24). The van der Waals surface area contributed by atoms with Gasteiger partial charge in [-0.25, -0.2) is 4.79 Å². The second-order valence-corrected chi connectivity index (χ2v) is 6.97. The number of halogens is 1. The number of methoxy groups -OCH3 is 1. The highest BCUT2D eigenvalue weighted by Crippen LogP contribution is 2.28. The summed E-state index contributed by atoms with van der Waals surface area (Å²) in [5.74, 6) is -1.43. The van der Waals surface area contributed by atoms with Gasteiger partial charge in [-0.2, -0.15) is 0 Å². The van der Waals surface area contributed by atoms with Crippen LogP contribution in [0.5, 0.6) is 5.75 Å². The molecule has 0 spiro atoms. The minimum absolute atomic E-state index is 0.0180. The summed E-state index contributed by atoms with van der Waals surface area (Å²) in [7, 11) is 1.25. The molecule has 0 atom stereocenters. The Hall–Kier alpha value is -2.60. The second kappa shape index (κ2) is 6.72. The molecule has 2 aromatic rings. The van der Waals surface area contributed by atoms with Crippen molar-refractivity contribution in [3.05, 3.63) is 54.9 Å². The van der Waals surface area contributed by atoms with Gasteiger partial charge >= 0.3 is 5.97 Å². The Bertz CT molecular complexity index is 999. The van der Waals surface area contributed by atoms with Gasteiger partial charge in [0.15, 0.2) is 11.2 Å². The highest BCUT2D eigenvalue weighted by molar-refractivity contribution is 6.31. The molecule has 1 aromatic heterocycles. The highest BCUT2D eigenvalue weighted by Gasteiger charge is 2.25. The van der Waals surface area contributed by atoms with Crippen molar-refractivity contribution >= 4 is 34.5 Å². The Morgan fingerprint density at radius 2 is 1.92 bits per heavy atom. The summed E-state index contributed by atoms with van der Waals surface area (Å²) in [4.78, 5) is 39.5. The Labute approximate surface area is 148 Å². The number of fused-ring (bicyclic) bond motifs is 1. The minimum Gasteiger partial charge on any atom is -0.491 e. The molecule has 6 nitrogen and oxygen atoms in total. The molecule has 0 aliphatic heterocycles. The number of benzene rings is 1. The number of aromatic nitrogens is 1. The Kier molecular flexibility index (Phi) is 5.04. The summed E-state index contributed by atoms with van der Waals surface area (Å²) < 4.78 is 5.10. The number of aromatic amines is 1. The average Bonchev–Trinajstić information content (AvgIpc) is 2.57. The van der Waals surface area contributed by atoms with Crippen molar-refractivity contribution in [3.8, 4) is 5.75 Å². The molecule has 0 radical (unpaired) electrons. The van der Waals surface area contributed by atoms with E-state index in [9.17, 15) is 19.5 Å². The van der Waals surface area contributed by atoms with E-state index in [1.165, 1.54) is 31.4 Å². The van der Waals surface area contributed by atoms with Crippen LogP contribution in [0.15, 0.2) is 33.4 Å². The number of carboxylic acid groups (broad SMARTS) is 1. The third-order valence-corrected chi connectivity index (χ3v) is 3.94. The molecule has 0 aliphatic rings. The normalized spacial score (nSPS) is 12.3. The van der Waals surface area contributed by atoms with Crippen LogP contribution in [0.25, 0.3) is 17.0 Å². The van der Waals surface area contributed by atoms with Crippen LogP contribution in [-0.4, -0.2) is 23.2 Å². The van der Waals surface area contributed by atoms with Gasteiger partial charge in [-0.1, -0.05) is 32.4 Å². The molecule has 1 heterocycles. The van der Waals surface area contributed by atoms with Crippen LogP contribution in [-0.2, 0) is 4.79 Å². The van der Waals surface area contributed by atoms with Crippen LogP contribution >= 0.6 is 11.6 Å². The number of carbonyl (C=O) groups is 1. The number of hydrogen-bond acceptors (Lipinski definition) is 4. The third kappa shape index (κ3) is 3.74. The highest BCUT2D eigenvalue weighted by atomic mass is 35.5. The number of H-pyrrole nitrogens is 1. The van der Waals surface area contributed by atoms with Crippen molar-refractivity contribution in [2.75, 3.05) is 7.11 Å². The van der Waals surface area contributed by atoms with E-state index in [4.69, 9.17) is 16.3 Å². The molecule has 0 aliphatic carbocycles. The lowest BCUT2D eigenvalue weighted by molar-refractivity contribution is -0.133. The summed E-state index contributed by atoms with van der Waals surface area (Å²) in [6, 6.07) is 4.45. The van der Waals surface area contributed by atoms with Crippen molar-refractivity contribution in [1.82, 2.24) is 4.98 Å². The fourth-order valence-corrected chi connectivity index (χ4v) is 2.62. The van der Waals surface area contributed by atoms with Crippen LogP contribution in [0.2, 0.25) is 5.02 Å². The molecule has 0 bridgehead atoms. The molecule has 0 fully saturated rings. The molecule has 0 unspecified atom stereocenters. The molecule has 1 aromatic carbocycles. The summed E-state index contributed by atoms with van der Waals surface area (Å²) in [5, 5.41) is 10.0. The first-order valence-electron chi connectivity index (χ1n) is 7.45. The SMILES string of the molecule is COc1c(C=C(C(=O)O)C(C)(C)C)c(=O)c2ccc(Cl)cc2[nH]c1=O. The second-order valence-electron chi connectivity index (χ2n) is 6.53. The van der Waals surface area contributed by atoms with Crippen molar-refractivity contribution in [2.24, 2.45) is 5.41 Å². The van der Waals surface area contributed by atoms with E-state index < -0.39 is 22.4 Å². The molecule has 0 amide bonds. The lowest BCUT2D eigenvalue weighted by atomic mass is 9.85. The number of rotatable bonds is 3. The van der Waals surface area contributed by atoms with Gasteiger partial charge in [-0.15, -0.1) is 0 Å². The van der Waals surface area contributed by atoms with Crippen molar-refractivity contribution < 1.29 is 14.6 Å². The predicted octanol–water partition coefficient (Wildman–Crippen LogP) is 3.06. The van der Waals surface area contributed by atoms with Crippen LogP contribution < -0.4 is 15.7 Å². The largest absolute Gasteiger partial charge is 0.491 e. The molecule has 132 valence electrons. The van der Waals surface area contributed by atoms with Crippen LogP contribution in [0.1, 0.15) is 26.3 Å². The van der Waals surface area contributed by atoms with E-state index in [-0.39, 0.29) is 27.8 Å². The third-order valence-electron chi connectivity index (χ3n) is 3.70. The van der Waals surface area contributed by atoms with E-state index in [1.54, 1.807) is 20.8 Å². The predicted molar refractivity (Wildman–Crippen MR) is 97.5 cm³/mol. The quantitative estimate of drug-likeness (QED) is 0.817. The van der Waals surface area contributed by atoms with E-state index in [1.807, 2.05) is 0 Å². The maximum absolute atomic E-state index is 12.9. The van der Waals surface area contributed by atoms with Crippen molar-refractivity contribution in [3.63, 3.8) is 0 Å². The van der Waals surface area contributed by atoms with Gasteiger partial charge in [0.2, 0.25) is 0 Å². The Morgan fingerprint density at radius 1 is 1.28 bits per heavy atom. The topological polar surface area (TPSA) is 96.5 Å². The van der Waals surface area contributed by atoms with E-state index in [2.05, 4.69) is 4.98 Å². The molecule has 2 rings (SSSR count). The molecule has 0 saturated heterocycles. The summed E-state index contributed by atoms with van der Waals surface area (Å²) in [6.07, 6.45) is 1.20. The van der Waals surface area contributed by atoms with Crippen molar-refractivity contribution in [1.29, 1.82) is 0 Å². The zero-order valence-corrected chi connectivity index (χ0v) is 15.0. The number of aliphatic carboxylic acids is 1. The van der Waals surface area contributed by atoms with Gasteiger partial charge < -0.3 is 14.8 Å². The van der Waals surface area contributed by atoms with Crippen molar-refractivity contribution in [2.45, 2.75) is 20.8 Å². The van der Waals surface area contributed by atoms with Crippen LogP contribution in [0, 0.1) is 5.41 Å². The number of ether oxygens (including phenoxy) is 1. The first-order valence-corrected chi connectivity index (χ1v) is 7.83. The lowest BCUT2D eigenvalue weighted by Gasteiger charge is -2.19. The first kappa shape index (κ1) is 18.7. The monoisotopic (exact) mass is 363 g/mol. The van der Waals surface area contributed by atoms with Gasteiger partial charge in [0.1, 0.15) is 0 Å². The fraction of sp³-hybridized carbons (Fsp3) is 0.278. The number of hydrogen-bond donors (Lipinski definition) is 2. The van der Waals surface area contributed by atoms with Gasteiger partial charge in [-0.05, 0) is 29.7 Å². The Balaban J connectivity index is 3.05. The first-order chi connectivity index (χ1) is 11.6. The van der Waals surface area contributed by atoms with E-state index in [0.29, 0.717) is 5.02 Å². The number of carboxylic acids is 1. The summed E-state index contributed by atoms with van der Waals surface area (Å²) >= 11 is 5.92. The van der Waals surface area contributed by atoms with E-state index in [0.717, 1.165) is 0 Å².